The number of hydrogen-bond donors (Lipinski definition) is 1. The molecule has 0 aliphatic carbocycles. The van der Waals surface area contributed by atoms with E-state index in [0.29, 0.717) is 23.7 Å². The third kappa shape index (κ3) is 7.58. The Bertz CT molecular complexity index is 1130. The maximum Gasteiger partial charge on any atom is 0.261 e. The van der Waals surface area contributed by atoms with E-state index in [1.807, 2.05) is 61.5 Å². The molecule has 5 nitrogen and oxygen atoms in total. The smallest absolute Gasteiger partial charge is 0.261 e. The highest BCUT2D eigenvalue weighted by atomic mass is 79.9. The van der Waals surface area contributed by atoms with Crippen LogP contribution in [-0.4, -0.2) is 35.9 Å². The van der Waals surface area contributed by atoms with E-state index >= 15 is 0 Å². The van der Waals surface area contributed by atoms with Crippen LogP contribution in [0.2, 0.25) is 5.02 Å². The summed E-state index contributed by atoms with van der Waals surface area (Å²) in [5.74, 6) is -0.124. The molecule has 3 aromatic carbocycles. The van der Waals surface area contributed by atoms with Gasteiger partial charge >= 0.3 is 0 Å². The van der Waals surface area contributed by atoms with Gasteiger partial charge < -0.3 is 15.0 Å². The SMILES string of the molecule is CCNC(=O)[C@H](Cc1ccccc1)N(Cc1cccc(Br)c1)C(=O)COc1ccc(Br)cc1Cl. The van der Waals surface area contributed by atoms with Crippen molar-refractivity contribution in [3.8, 4) is 5.75 Å². The van der Waals surface area contributed by atoms with E-state index in [1.54, 1.807) is 23.1 Å². The molecule has 1 atom stereocenters. The molecule has 0 saturated carbocycles. The van der Waals surface area contributed by atoms with E-state index in [9.17, 15) is 9.59 Å². The van der Waals surface area contributed by atoms with E-state index in [4.69, 9.17) is 16.3 Å². The van der Waals surface area contributed by atoms with Crippen LogP contribution in [0.15, 0.2) is 81.7 Å². The normalized spacial score (nSPS) is 11.5. The zero-order chi connectivity index (χ0) is 24.5. The number of carbonyl (C=O) groups excluding carboxylic acids is 2. The number of likely N-dealkylation sites (N-methyl/N-ethyl adjacent to an activating group) is 1. The highest BCUT2D eigenvalue weighted by Crippen LogP contribution is 2.28. The maximum absolute atomic E-state index is 13.5. The van der Waals surface area contributed by atoms with Crippen molar-refractivity contribution in [2.45, 2.75) is 25.9 Å². The number of benzene rings is 3. The van der Waals surface area contributed by atoms with Crippen LogP contribution in [0.4, 0.5) is 0 Å². The lowest BCUT2D eigenvalue weighted by atomic mass is 10.0. The number of rotatable bonds is 10. The van der Waals surface area contributed by atoms with Gasteiger partial charge in [-0.1, -0.05) is 85.9 Å². The zero-order valence-corrected chi connectivity index (χ0v) is 22.6. The lowest BCUT2D eigenvalue weighted by Gasteiger charge is -2.31. The molecule has 0 fully saturated rings. The molecule has 0 spiro atoms. The fourth-order valence-electron chi connectivity index (χ4n) is 3.49. The van der Waals surface area contributed by atoms with Crippen LogP contribution >= 0.6 is 43.5 Å². The van der Waals surface area contributed by atoms with Gasteiger partial charge in [0.15, 0.2) is 6.61 Å². The Kier molecular flexibility index (Phi) is 9.99. The Balaban J connectivity index is 1.90. The summed E-state index contributed by atoms with van der Waals surface area (Å²) in [5.41, 5.74) is 1.86. The Hall–Kier alpha value is -2.35. The van der Waals surface area contributed by atoms with Crippen molar-refractivity contribution in [1.29, 1.82) is 0 Å². The molecule has 3 aromatic rings. The lowest BCUT2D eigenvalue weighted by Crippen LogP contribution is -2.51. The van der Waals surface area contributed by atoms with E-state index in [-0.39, 0.29) is 25.0 Å². The molecule has 34 heavy (non-hydrogen) atoms. The number of ether oxygens (including phenoxy) is 1. The molecule has 8 heteroatoms. The molecule has 0 aliphatic heterocycles. The first-order valence-electron chi connectivity index (χ1n) is 10.8. The van der Waals surface area contributed by atoms with Gasteiger partial charge in [0.25, 0.3) is 5.91 Å². The van der Waals surface area contributed by atoms with Gasteiger partial charge in [-0.25, -0.2) is 0 Å². The van der Waals surface area contributed by atoms with Crippen LogP contribution < -0.4 is 10.1 Å². The summed E-state index contributed by atoms with van der Waals surface area (Å²) in [6.45, 7) is 2.33. The highest BCUT2D eigenvalue weighted by Gasteiger charge is 2.30. The Labute approximate surface area is 221 Å². The third-order valence-electron chi connectivity index (χ3n) is 5.11. The van der Waals surface area contributed by atoms with Crippen molar-refractivity contribution in [2.75, 3.05) is 13.2 Å². The number of nitrogens with one attached hydrogen (secondary N) is 1. The molecule has 3 rings (SSSR count). The van der Waals surface area contributed by atoms with Gasteiger partial charge in [0.05, 0.1) is 5.02 Å². The van der Waals surface area contributed by atoms with Crippen molar-refractivity contribution in [3.63, 3.8) is 0 Å². The van der Waals surface area contributed by atoms with Crippen molar-refractivity contribution in [1.82, 2.24) is 10.2 Å². The third-order valence-corrected chi connectivity index (χ3v) is 6.39. The van der Waals surface area contributed by atoms with Gasteiger partial charge in [-0.3, -0.25) is 9.59 Å². The number of hydrogen-bond acceptors (Lipinski definition) is 3. The summed E-state index contributed by atoms with van der Waals surface area (Å²) >= 11 is 13.1. The fourth-order valence-corrected chi connectivity index (χ4v) is 4.67. The van der Waals surface area contributed by atoms with Gasteiger partial charge in [-0.05, 0) is 48.4 Å². The first-order chi connectivity index (χ1) is 16.4. The number of nitrogens with zero attached hydrogens (tertiary/aromatic N) is 1. The molecule has 0 heterocycles. The summed E-state index contributed by atoms with van der Waals surface area (Å²) in [6.07, 6.45) is 0.380. The van der Waals surface area contributed by atoms with Crippen LogP contribution in [0.25, 0.3) is 0 Å². The molecule has 0 radical (unpaired) electrons. The molecule has 0 bridgehead atoms. The topological polar surface area (TPSA) is 58.6 Å². The van der Waals surface area contributed by atoms with Gasteiger partial charge in [0.2, 0.25) is 5.91 Å². The highest BCUT2D eigenvalue weighted by molar-refractivity contribution is 9.10. The summed E-state index contributed by atoms with van der Waals surface area (Å²) in [7, 11) is 0. The second-order valence-corrected chi connectivity index (χ2v) is 9.85. The Morgan fingerprint density at radius 3 is 2.35 bits per heavy atom. The van der Waals surface area contributed by atoms with E-state index in [2.05, 4.69) is 37.2 Å². The quantitative estimate of drug-likeness (QED) is 0.306. The Morgan fingerprint density at radius 2 is 1.68 bits per heavy atom. The number of carbonyl (C=O) groups is 2. The van der Waals surface area contributed by atoms with Crippen LogP contribution in [0, 0.1) is 0 Å². The number of halogens is 3. The fraction of sp³-hybridized carbons (Fsp3) is 0.231. The largest absolute Gasteiger partial charge is 0.482 e. The molecular weight excluding hydrogens is 584 g/mol. The minimum atomic E-state index is -0.710. The van der Waals surface area contributed by atoms with E-state index in [0.717, 1.165) is 20.1 Å². The predicted molar refractivity (Wildman–Crippen MR) is 142 cm³/mol. The lowest BCUT2D eigenvalue weighted by molar-refractivity contribution is -0.142. The minimum absolute atomic E-state index is 0.212. The standard InChI is InChI=1S/C26H25Br2ClN2O3/c1-2-30-26(33)23(14-18-7-4-3-5-8-18)31(16-19-9-6-10-20(27)13-19)25(32)17-34-24-12-11-21(28)15-22(24)29/h3-13,15,23H,2,14,16-17H2,1H3,(H,30,33)/t23-/m0/s1. The monoisotopic (exact) mass is 606 g/mol. The first kappa shape index (κ1) is 26.3. The predicted octanol–water partition coefficient (Wildman–Crippen LogP) is 6.02. The van der Waals surface area contributed by atoms with Gasteiger partial charge in [-0.2, -0.15) is 0 Å². The average Bonchev–Trinajstić information content (AvgIpc) is 2.81. The van der Waals surface area contributed by atoms with Crippen LogP contribution in [0.5, 0.6) is 5.75 Å². The molecule has 0 aliphatic rings. The van der Waals surface area contributed by atoms with Gasteiger partial charge in [0.1, 0.15) is 11.8 Å². The Morgan fingerprint density at radius 1 is 0.971 bits per heavy atom. The summed E-state index contributed by atoms with van der Waals surface area (Å²) in [6, 6.07) is 21.8. The first-order valence-corrected chi connectivity index (χ1v) is 12.8. The molecular formula is C26H25Br2ClN2O3. The molecule has 2 amide bonds. The second kappa shape index (κ2) is 12.9. The molecule has 1 N–H and O–H groups in total. The van der Waals surface area contributed by atoms with Crippen LogP contribution in [0.1, 0.15) is 18.1 Å². The summed E-state index contributed by atoms with van der Waals surface area (Å²) < 4.78 is 7.46. The van der Waals surface area contributed by atoms with Crippen molar-refractivity contribution in [2.24, 2.45) is 0 Å². The average molecular weight is 609 g/mol. The second-order valence-electron chi connectivity index (χ2n) is 7.62. The maximum atomic E-state index is 13.5. The van der Waals surface area contributed by atoms with Gasteiger partial charge in [-0.15, -0.1) is 0 Å². The summed E-state index contributed by atoms with van der Waals surface area (Å²) in [4.78, 5) is 28.2. The number of amides is 2. The molecule has 178 valence electrons. The molecule has 0 saturated heterocycles. The van der Waals surface area contributed by atoms with E-state index < -0.39 is 6.04 Å². The van der Waals surface area contributed by atoms with Crippen LogP contribution in [-0.2, 0) is 22.6 Å². The molecule has 0 unspecified atom stereocenters. The van der Waals surface area contributed by atoms with Crippen LogP contribution in [0.3, 0.4) is 0 Å². The van der Waals surface area contributed by atoms with Crippen molar-refractivity contribution >= 4 is 55.3 Å². The summed E-state index contributed by atoms with van der Waals surface area (Å²) in [5, 5.41) is 3.27. The van der Waals surface area contributed by atoms with Gasteiger partial charge in [0, 0.05) is 28.5 Å². The van der Waals surface area contributed by atoms with E-state index in [1.165, 1.54) is 0 Å². The van der Waals surface area contributed by atoms with Crippen molar-refractivity contribution in [3.05, 3.63) is 97.9 Å². The van der Waals surface area contributed by atoms with Crippen molar-refractivity contribution < 1.29 is 14.3 Å². The zero-order valence-electron chi connectivity index (χ0n) is 18.6. The molecule has 0 aromatic heterocycles. The minimum Gasteiger partial charge on any atom is -0.482 e.